The van der Waals surface area contributed by atoms with Crippen molar-refractivity contribution in [3.8, 4) is 34.4 Å². The molecule has 1 saturated heterocycles. The van der Waals surface area contributed by atoms with Crippen LogP contribution in [-0.4, -0.2) is 60.6 Å². The molecule has 0 bridgehead atoms. The molecule has 0 spiro atoms. The van der Waals surface area contributed by atoms with E-state index in [9.17, 15) is 9.65 Å². The molecule has 0 amide bonds. The van der Waals surface area contributed by atoms with Crippen molar-refractivity contribution < 1.29 is 7.13 Å². The zero-order valence-corrected chi connectivity index (χ0v) is 25.0. The minimum atomic E-state index is -1.72. The molecule has 6 aromatic rings. The average Bonchev–Trinajstić information content (AvgIpc) is 3.50. The number of rotatable bonds is 7. The van der Waals surface area contributed by atoms with E-state index in [2.05, 4.69) is 15.0 Å². The summed E-state index contributed by atoms with van der Waals surface area (Å²) in [6.07, 6.45) is 4.67. The van der Waals surface area contributed by atoms with E-state index in [4.69, 9.17) is 18.4 Å². The molecular weight excluding hydrogens is 579 g/mol. The van der Waals surface area contributed by atoms with Crippen molar-refractivity contribution in [1.82, 2.24) is 34.4 Å². The van der Waals surface area contributed by atoms with Crippen LogP contribution in [0.15, 0.2) is 91.3 Å². The molecule has 5 heterocycles. The van der Waals surface area contributed by atoms with Crippen molar-refractivity contribution in [2.24, 2.45) is 0 Å². The van der Waals surface area contributed by atoms with Crippen LogP contribution in [0.25, 0.3) is 39.5 Å². The van der Waals surface area contributed by atoms with Crippen LogP contribution >= 0.6 is 0 Å². The number of hydrogen-bond donors (Lipinski definition) is 1. The summed E-state index contributed by atoms with van der Waals surface area (Å²) in [5, 5.41) is 9.18. The van der Waals surface area contributed by atoms with E-state index in [1.165, 1.54) is 12.1 Å². The van der Waals surface area contributed by atoms with Crippen LogP contribution in [0.5, 0.6) is 0 Å². The maximum atomic E-state index is 13.6. The van der Waals surface area contributed by atoms with Crippen molar-refractivity contribution in [1.29, 1.82) is 5.26 Å². The Morgan fingerprint density at radius 3 is 2.48 bits per heavy atom. The third-order valence-electron chi connectivity index (χ3n) is 8.25. The van der Waals surface area contributed by atoms with Gasteiger partial charge in [-0.25, -0.2) is 29.3 Å². The molecule has 2 N–H and O–H groups in total. The van der Waals surface area contributed by atoms with E-state index >= 15 is 0 Å². The number of pyridine rings is 2. The van der Waals surface area contributed by atoms with Gasteiger partial charge >= 0.3 is 0 Å². The number of halogens is 1. The van der Waals surface area contributed by atoms with Crippen molar-refractivity contribution in [2.45, 2.75) is 25.4 Å². The standard InChI is InChI=1S/C35H31FN10/c1-44(32-14-18-39-31(21-37)43-32)26-15-19-45(20-16-26)22-23-4-10-27(11-5-23)46-34(28-3-2-17-40-33(28)38)42-30-13-12-29(41-35(30)46)24-6-8-25(36)9-7-24/h2-14,17-18,26H,15-16,19-20,22H2,1H3,(H2,38,40)/i22D2. The smallest absolute Gasteiger partial charge is 0.234 e. The zero-order valence-electron chi connectivity index (χ0n) is 27.0. The van der Waals surface area contributed by atoms with Crippen LogP contribution in [0, 0.1) is 17.1 Å². The Morgan fingerprint density at radius 1 is 0.957 bits per heavy atom. The predicted molar refractivity (Wildman–Crippen MR) is 175 cm³/mol. The minimum Gasteiger partial charge on any atom is -0.383 e. The van der Waals surface area contributed by atoms with Crippen LogP contribution in [0.3, 0.4) is 0 Å². The summed E-state index contributed by atoms with van der Waals surface area (Å²) in [5.74, 6) is 1.35. The van der Waals surface area contributed by atoms with E-state index < -0.39 is 6.50 Å². The van der Waals surface area contributed by atoms with Gasteiger partial charge in [-0.2, -0.15) is 5.26 Å². The SMILES string of the molecule is [2H]C([2H])(c1ccc(-n2c(-c3cccnc3N)nc3ccc(-c4ccc(F)cc4)nc32)cc1)N1CCC(N(C)c2ccnc(C#N)n2)CC1. The maximum Gasteiger partial charge on any atom is 0.234 e. The highest BCUT2D eigenvalue weighted by Gasteiger charge is 2.24. The summed E-state index contributed by atoms with van der Waals surface area (Å²) in [5.41, 5.74) is 10.8. The van der Waals surface area contributed by atoms with Crippen molar-refractivity contribution >= 4 is 22.8 Å². The summed E-state index contributed by atoms with van der Waals surface area (Å²) < 4.78 is 33.8. The van der Waals surface area contributed by atoms with Gasteiger partial charge in [0.05, 0.1) is 11.3 Å². The van der Waals surface area contributed by atoms with Gasteiger partial charge < -0.3 is 10.6 Å². The minimum absolute atomic E-state index is 0.125. The summed E-state index contributed by atoms with van der Waals surface area (Å²) in [4.78, 5) is 26.2. The molecule has 0 atom stereocenters. The number of benzene rings is 2. The van der Waals surface area contributed by atoms with E-state index in [1.807, 2.05) is 57.8 Å². The molecule has 4 aromatic heterocycles. The predicted octanol–water partition coefficient (Wildman–Crippen LogP) is 5.63. The van der Waals surface area contributed by atoms with Gasteiger partial charge in [-0.3, -0.25) is 9.47 Å². The number of hydrogen-bond acceptors (Lipinski definition) is 9. The number of anilines is 2. The fraction of sp³-hybridized carbons (Fsp3) is 0.200. The Labute approximate surface area is 268 Å². The number of aromatic nitrogens is 6. The second kappa shape index (κ2) is 12.3. The topological polar surface area (TPSA) is 126 Å². The maximum absolute atomic E-state index is 13.6. The molecule has 0 saturated carbocycles. The number of fused-ring (bicyclic) bond motifs is 1. The second-order valence-electron chi connectivity index (χ2n) is 11.1. The molecule has 2 aromatic carbocycles. The summed E-state index contributed by atoms with van der Waals surface area (Å²) in [6.45, 7) is -0.619. The van der Waals surface area contributed by atoms with Gasteiger partial charge in [0.25, 0.3) is 0 Å². The third kappa shape index (κ3) is 5.74. The lowest BCUT2D eigenvalue weighted by atomic mass is 10.0. The van der Waals surface area contributed by atoms with Crippen LogP contribution in [0.2, 0.25) is 0 Å². The molecule has 46 heavy (non-hydrogen) atoms. The fourth-order valence-electron chi connectivity index (χ4n) is 5.79. The zero-order chi connectivity index (χ0) is 33.4. The molecule has 1 fully saturated rings. The van der Waals surface area contributed by atoms with Gasteiger partial charge in [0.1, 0.15) is 29.0 Å². The molecule has 7 rings (SSSR count). The third-order valence-corrected chi connectivity index (χ3v) is 8.25. The molecule has 1 aliphatic heterocycles. The van der Waals surface area contributed by atoms with E-state index in [1.54, 1.807) is 48.8 Å². The molecule has 1 aliphatic rings. The molecule has 11 heteroatoms. The first-order valence-electron chi connectivity index (χ1n) is 15.9. The lowest BCUT2D eigenvalue weighted by molar-refractivity contribution is 0.203. The largest absolute Gasteiger partial charge is 0.383 e. The van der Waals surface area contributed by atoms with Crippen LogP contribution in [-0.2, 0) is 6.50 Å². The van der Waals surface area contributed by atoms with Gasteiger partial charge in [-0.05, 0) is 85.1 Å². The van der Waals surface area contributed by atoms with Crippen LogP contribution in [0.1, 0.15) is 27.0 Å². The first-order valence-corrected chi connectivity index (χ1v) is 14.9. The summed E-state index contributed by atoms with van der Waals surface area (Å²) in [7, 11) is 1.95. The van der Waals surface area contributed by atoms with E-state index in [0.29, 0.717) is 58.5 Å². The first-order chi connectivity index (χ1) is 23.2. The highest BCUT2D eigenvalue weighted by molar-refractivity contribution is 5.84. The summed E-state index contributed by atoms with van der Waals surface area (Å²) in [6, 6.07) is 24.8. The highest BCUT2D eigenvalue weighted by atomic mass is 19.1. The number of nitriles is 1. The number of nitrogens with two attached hydrogens (primary N) is 1. The quantitative estimate of drug-likeness (QED) is 0.244. The lowest BCUT2D eigenvalue weighted by Crippen LogP contribution is -2.43. The molecule has 228 valence electrons. The fourth-order valence-corrected chi connectivity index (χ4v) is 5.79. The van der Waals surface area contributed by atoms with Crippen LogP contribution in [0.4, 0.5) is 16.0 Å². The van der Waals surface area contributed by atoms with Gasteiger partial charge in [0.15, 0.2) is 11.5 Å². The van der Waals surface area contributed by atoms with Gasteiger partial charge in [0.2, 0.25) is 5.82 Å². The molecule has 10 nitrogen and oxygen atoms in total. The Morgan fingerprint density at radius 2 is 1.74 bits per heavy atom. The van der Waals surface area contributed by atoms with Crippen molar-refractivity contribution in [2.75, 3.05) is 30.8 Å². The number of nitrogen functional groups attached to an aromatic ring is 1. The van der Waals surface area contributed by atoms with Gasteiger partial charge in [-0.15, -0.1) is 0 Å². The normalized spacial score (nSPS) is 14.9. The molecule has 0 unspecified atom stereocenters. The van der Waals surface area contributed by atoms with E-state index in [0.717, 1.165) is 24.1 Å². The molecule has 0 aliphatic carbocycles. The molecule has 0 radical (unpaired) electrons. The monoisotopic (exact) mass is 612 g/mol. The second-order valence-corrected chi connectivity index (χ2v) is 11.1. The summed E-state index contributed by atoms with van der Waals surface area (Å²) >= 11 is 0. The Balaban J connectivity index is 1.18. The van der Waals surface area contributed by atoms with E-state index in [-0.39, 0.29) is 17.7 Å². The number of nitrogens with zero attached hydrogens (tertiary/aromatic N) is 9. The number of likely N-dealkylation sites (tertiary alicyclic amines) is 1. The molecular formula is C35H31FN10. The first kappa shape index (κ1) is 26.7. The number of piperidine rings is 1. The van der Waals surface area contributed by atoms with Crippen molar-refractivity contribution in [3.05, 3.63) is 108 Å². The Kier molecular flexibility index (Phi) is 7.15. The van der Waals surface area contributed by atoms with Gasteiger partial charge in [-0.1, -0.05) is 12.1 Å². The average molecular weight is 613 g/mol. The van der Waals surface area contributed by atoms with Gasteiger partial charge in [0, 0.05) is 59.1 Å². The van der Waals surface area contributed by atoms with Crippen LogP contribution < -0.4 is 10.6 Å². The highest BCUT2D eigenvalue weighted by Crippen LogP contribution is 2.32. The van der Waals surface area contributed by atoms with Crippen molar-refractivity contribution in [3.63, 3.8) is 0 Å². The Hall–Kier alpha value is -5.73. The lowest BCUT2D eigenvalue weighted by Gasteiger charge is -2.37. The number of imidazole rings is 1. The Bertz CT molecular complexity index is 2140.